The van der Waals surface area contributed by atoms with Gasteiger partial charge in [-0.3, -0.25) is 11.3 Å². The van der Waals surface area contributed by atoms with E-state index in [4.69, 9.17) is 10.6 Å². The Balaban J connectivity index is 2.85. The minimum absolute atomic E-state index is 0.0439. The van der Waals surface area contributed by atoms with Crippen LogP contribution in [0.2, 0.25) is 0 Å². The first-order valence-electron chi connectivity index (χ1n) is 4.99. The lowest BCUT2D eigenvalue weighted by molar-refractivity contribution is 0.123. The number of aryl methyl sites for hydroxylation is 1. The minimum Gasteiger partial charge on any atom is -0.380 e. The fourth-order valence-electron chi connectivity index (χ4n) is 1.45. The fourth-order valence-corrected chi connectivity index (χ4v) is 1.83. The Kier molecular flexibility index (Phi) is 5.25. The number of nitrogens with one attached hydrogen (secondary N) is 1. The van der Waals surface area contributed by atoms with E-state index in [1.165, 1.54) is 11.1 Å². The molecule has 1 rings (SSSR count). The van der Waals surface area contributed by atoms with Crippen LogP contribution in [0, 0.1) is 6.92 Å². The third-order valence-corrected chi connectivity index (χ3v) is 2.80. The molecule has 1 unspecified atom stereocenters. The van der Waals surface area contributed by atoms with Crippen LogP contribution in [0.25, 0.3) is 0 Å². The molecule has 0 saturated heterocycles. The maximum Gasteiger partial charge on any atom is 0.0696 e. The highest BCUT2D eigenvalue weighted by Crippen LogP contribution is 2.22. The highest BCUT2D eigenvalue weighted by Gasteiger charge is 2.12. The molecule has 1 aromatic rings. The predicted octanol–water partition coefficient (Wildman–Crippen LogP) is 2.30. The van der Waals surface area contributed by atoms with Crippen LogP contribution < -0.4 is 11.3 Å². The van der Waals surface area contributed by atoms with E-state index in [0.29, 0.717) is 13.2 Å². The molecule has 0 aliphatic carbocycles. The third-order valence-electron chi connectivity index (χ3n) is 2.31. The average molecular weight is 273 g/mol. The van der Waals surface area contributed by atoms with Crippen molar-refractivity contribution < 1.29 is 4.74 Å². The summed E-state index contributed by atoms with van der Waals surface area (Å²) >= 11 is 3.45. The van der Waals surface area contributed by atoms with Crippen LogP contribution in [0.5, 0.6) is 0 Å². The van der Waals surface area contributed by atoms with Crippen LogP contribution in [-0.4, -0.2) is 13.2 Å². The molecule has 0 radical (unpaired) electrons. The number of nitrogens with two attached hydrogens (primary N) is 1. The summed E-state index contributed by atoms with van der Waals surface area (Å²) in [5, 5.41) is 0. The van der Waals surface area contributed by atoms with Crippen LogP contribution in [0.15, 0.2) is 22.7 Å². The van der Waals surface area contributed by atoms with Gasteiger partial charge in [-0.1, -0.05) is 22.0 Å². The summed E-state index contributed by atoms with van der Waals surface area (Å²) < 4.78 is 6.43. The monoisotopic (exact) mass is 272 g/mol. The van der Waals surface area contributed by atoms with Crippen molar-refractivity contribution in [1.29, 1.82) is 0 Å². The van der Waals surface area contributed by atoms with Crippen LogP contribution >= 0.6 is 15.9 Å². The van der Waals surface area contributed by atoms with E-state index in [0.717, 1.165) is 4.47 Å². The Labute approximate surface area is 99.1 Å². The molecule has 0 aliphatic heterocycles. The highest BCUT2D eigenvalue weighted by molar-refractivity contribution is 9.10. The second kappa shape index (κ2) is 6.23. The number of hydrogen-bond acceptors (Lipinski definition) is 3. The average Bonchev–Trinajstić information content (AvgIpc) is 2.24. The molecule has 1 atom stereocenters. The number of ether oxygens (including phenoxy) is 1. The molecular formula is C11H17BrN2O. The number of halogens is 1. The number of benzene rings is 1. The molecule has 0 aliphatic rings. The van der Waals surface area contributed by atoms with Crippen LogP contribution in [0.4, 0.5) is 0 Å². The van der Waals surface area contributed by atoms with Gasteiger partial charge >= 0.3 is 0 Å². The van der Waals surface area contributed by atoms with Gasteiger partial charge in [0.05, 0.1) is 12.6 Å². The standard InChI is InChI=1S/C11H17BrN2O/c1-3-15-7-11(14-13)10-6-9(12)5-4-8(10)2/h4-6,11,14H,3,7,13H2,1-2H3. The first kappa shape index (κ1) is 12.6. The van der Waals surface area contributed by atoms with Crippen molar-refractivity contribution in [2.75, 3.05) is 13.2 Å². The molecular weight excluding hydrogens is 256 g/mol. The molecule has 0 fully saturated rings. The lowest BCUT2D eigenvalue weighted by atomic mass is 10.0. The summed E-state index contributed by atoms with van der Waals surface area (Å²) in [6.07, 6.45) is 0. The van der Waals surface area contributed by atoms with Gasteiger partial charge in [0, 0.05) is 11.1 Å². The molecule has 15 heavy (non-hydrogen) atoms. The van der Waals surface area contributed by atoms with Crippen molar-refractivity contribution >= 4 is 15.9 Å². The molecule has 4 heteroatoms. The van der Waals surface area contributed by atoms with E-state index in [1.54, 1.807) is 0 Å². The first-order chi connectivity index (χ1) is 7.19. The Morgan fingerprint density at radius 1 is 1.53 bits per heavy atom. The quantitative estimate of drug-likeness (QED) is 0.639. The SMILES string of the molecule is CCOCC(NN)c1cc(Br)ccc1C. The number of hydrogen-bond donors (Lipinski definition) is 2. The molecule has 84 valence electrons. The summed E-state index contributed by atoms with van der Waals surface area (Å²) in [4.78, 5) is 0. The Morgan fingerprint density at radius 2 is 2.27 bits per heavy atom. The lowest BCUT2D eigenvalue weighted by Gasteiger charge is -2.18. The van der Waals surface area contributed by atoms with Crippen LogP contribution in [0.1, 0.15) is 24.1 Å². The van der Waals surface area contributed by atoms with E-state index in [1.807, 2.05) is 13.0 Å². The smallest absolute Gasteiger partial charge is 0.0696 e. The molecule has 0 aromatic heterocycles. The van der Waals surface area contributed by atoms with Gasteiger partial charge in [0.15, 0.2) is 0 Å². The number of rotatable bonds is 5. The molecule has 3 nitrogen and oxygen atoms in total. The van der Waals surface area contributed by atoms with Gasteiger partial charge in [0.25, 0.3) is 0 Å². The van der Waals surface area contributed by atoms with Crippen molar-refractivity contribution in [1.82, 2.24) is 5.43 Å². The predicted molar refractivity (Wildman–Crippen MR) is 65.4 cm³/mol. The zero-order valence-corrected chi connectivity index (χ0v) is 10.7. The lowest BCUT2D eigenvalue weighted by Crippen LogP contribution is -2.32. The summed E-state index contributed by atoms with van der Waals surface area (Å²) in [5.74, 6) is 5.52. The molecule has 0 bridgehead atoms. The van der Waals surface area contributed by atoms with Gasteiger partial charge in [-0.25, -0.2) is 0 Å². The number of hydrazine groups is 1. The van der Waals surface area contributed by atoms with Crippen LogP contribution in [-0.2, 0) is 4.74 Å². The van der Waals surface area contributed by atoms with Crippen molar-refractivity contribution in [2.24, 2.45) is 5.84 Å². The minimum atomic E-state index is 0.0439. The fraction of sp³-hybridized carbons (Fsp3) is 0.455. The van der Waals surface area contributed by atoms with E-state index in [-0.39, 0.29) is 6.04 Å². The van der Waals surface area contributed by atoms with Crippen molar-refractivity contribution in [3.05, 3.63) is 33.8 Å². The van der Waals surface area contributed by atoms with Gasteiger partial charge in [0.2, 0.25) is 0 Å². The maximum atomic E-state index is 5.52. The Morgan fingerprint density at radius 3 is 2.87 bits per heavy atom. The van der Waals surface area contributed by atoms with E-state index in [2.05, 4.69) is 40.4 Å². The molecule has 0 spiro atoms. The van der Waals surface area contributed by atoms with Gasteiger partial charge in [0.1, 0.15) is 0 Å². The summed E-state index contributed by atoms with van der Waals surface area (Å²) in [6.45, 7) is 5.33. The second-order valence-corrected chi connectivity index (χ2v) is 4.30. The zero-order valence-electron chi connectivity index (χ0n) is 9.09. The molecule has 0 heterocycles. The highest BCUT2D eigenvalue weighted by atomic mass is 79.9. The van der Waals surface area contributed by atoms with Crippen molar-refractivity contribution in [2.45, 2.75) is 19.9 Å². The summed E-state index contributed by atoms with van der Waals surface area (Å²) in [5.41, 5.74) is 5.15. The van der Waals surface area contributed by atoms with E-state index >= 15 is 0 Å². The maximum absolute atomic E-state index is 5.52. The Bertz CT molecular complexity index is 317. The van der Waals surface area contributed by atoms with Crippen LogP contribution in [0.3, 0.4) is 0 Å². The zero-order chi connectivity index (χ0) is 11.3. The normalized spacial score (nSPS) is 12.8. The van der Waals surface area contributed by atoms with E-state index in [9.17, 15) is 0 Å². The van der Waals surface area contributed by atoms with Gasteiger partial charge in [-0.15, -0.1) is 0 Å². The topological polar surface area (TPSA) is 47.3 Å². The summed E-state index contributed by atoms with van der Waals surface area (Å²) in [6, 6.07) is 6.20. The second-order valence-electron chi connectivity index (χ2n) is 3.38. The molecule has 1 aromatic carbocycles. The Hall–Kier alpha value is -0.420. The largest absolute Gasteiger partial charge is 0.380 e. The third kappa shape index (κ3) is 3.57. The van der Waals surface area contributed by atoms with Gasteiger partial charge in [-0.2, -0.15) is 0 Å². The molecule has 0 amide bonds. The van der Waals surface area contributed by atoms with Crippen molar-refractivity contribution in [3.63, 3.8) is 0 Å². The van der Waals surface area contributed by atoms with Gasteiger partial charge < -0.3 is 4.74 Å². The first-order valence-corrected chi connectivity index (χ1v) is 5.78. The molecule has 0 saturated carbocycles. The summed E-state index contributed by atoms with van der Waals surface area (Å²) in [7, 11) is 0. The van der Waals surface area contributed by atoms with Crippen molar-refractivity contribution in [3.8, 4) is 0 Å². The molecule has 3 N–H and O–H groups in total. The van der Waals surface area contributed by atoms with Gasteiger partial charge in [-0.05, 0) is 37.1 Å². The van der Waals surface area contributed by atoms with E-state index < -0.39 is 0 Å².